The van der Waals surface area contributed by atoms with Crippen molar-refractivity contribution in [3.63, 3.8) is 0 Å². The van der Waals surface area contributed by atoms with Gasteiger partial charge in [0.25, 0.3) is 0 Å². The maximum atomic E-state index is 13.6. The zero-order chi connectivity index (χ0) is 15.5. The van der Waals surface area contributed by atoms with Crippen LogP contribution in [-0.4, -0.2) is 35.2 Å². The predicted octanol–water partition coefficient (Wildman–Crippen LogP) is 1.50. The largest absolute Gasteiger partial charge is 0.494 e. The number of rotatable bonds is 5. The quantitative estimate of drug-likeness (QED) is 0.864. The highest BCUT2D eigenvalue weighted by atomic mass is 32.2. The summed E-state index contributed by atoms with van der Waals surface area (Å²) in [7, 11) is -2.38. The van der Waals surface area contributed by atoms with Crippen molar-refractivity contribution in [3.8, 4) is 5.75 Å². The Bertz CT molecular complexity index is 598. The molecule has 0 amide bonds. The van der Waals surface area contributed by atoms with Crippen molar-refractivity contribution < 1.29 is 17.5 Å². The van der Waals surface area contributed by atoms with Gasteiger partial charge in [0.2, 0.25) is 10.0 Å². The van der Waals surface area contributed by atoms with Gasteiger partial charge in [-0.05, 0) is 43.0 Å². The van der Waals surface area contributed by atoms with E-state index in [2.05, 4.69) is 10.0 Å². The molecule has 1 unspecified atom stereocenters. The first-order chi connectivity index (χ1) is 9.86. The molecule has 7 heteroatoms. The molecule has 0 spiro atoms. The van der Waals surface area contributed by atoms with E-state index in [1.807, 2.05) is 6.92 Å². The zero-order valence-corrected chi connectivity index (χ0v) is 13.1. The Balaban J connectivity index is 2.09. The highest BCUT2D eigenvalue weighted by Gasteiger charge is 2.29. The number of nitrogens with one attached hydrogen (secondary N) is 2. The fraction of sp³-hybridized carbons (Fsp3) is 0.571. The number of hydrogen-bond acceptors (Lipinski definition) is 4. The Labute approximate surface area is 124 Å². The number of halogens is 1. The van der Waals surface area contributed by atoms with Crippen LogP contribution in [0.25, 0.3) is 0 Å². The van der Waals surface area contributed by atoms with Crippen LogP contribution in [0.4, 0.5) is 4.39 Å². The summed E-state index contributed by atoms with van der Waals surface area (Å²) in [6.07, 6.45) is 1.98. The van der Waals surface area contributed by atoms with Gasteiger partial charge in [0.15, 0.2) is 11.6 Å². The smallest absolute Gasteiger partial charge is 0.240 e. The van der Waals surface area contributed by atoms with Crippen molar-refractivity contribution in [2.45, 2.75) is 24.7 Å². The molecule has 1 atom stereocenters. The summed E-state index contributed by atoms with van der Waals surface area (Å²) in [6, 6.07) is 3.63. The standard InChI is InChI=1S/C14H21FN2O3S/c1-14(6-3-7-16-9-14)10-17-21(18,19)11-4-5-13(20-2)12(15)8-11/h4-5,8,16-17H,3,6-7,9-10H2,1-2H3. The Kier molecular flexibility index (Phi) is 4.85. The molecular formula is C14H21FN2O3S. The molecule has 2 rings (SSSR count). The second kappa shape index (κ2) is 6.29. The first kappa shape index (κ1) is 16.2. The molecule has 0 aromatic heterocycles. The third kappa shape index (κ3) is 3.93. The Morgan fingerprint density at radius 2 is 2.24 bits per heavy atom. The summed E-state index contributed by atoms with van der Waals surface area (Å²) in [4.78, 5) is -0.0897. The average Bonchev–Trinajstić information content (AvgIpc) is 2.46. The lowest BCUT2D eigenvalue weighted by atomic mass is 9.83. The molecule has 1 aromatic carbocycles. The molecule has 0 bridgehead atoms. The molecule has 21 heavy (non-hydrogen) atoms. The van der Waals surface area contributed by atoms with Crippen molar-refractivity contribution >= 4 is 10.0 Å². The molecule has 1 aromatic rings. The molecule has 2 N–H and O–H groups in total. The van der Waals surface area contributed by atoms with Gasteiger partial charge in [-0.2, -0.15) is 0 Å². The molecular weight excluding hydrogens is 295 g/mol. The lowest BCUT2D eigenvalue weighted by molar-refractivity contribution is 0.238. The second-order valence-corrected chi connectivity index (χ2v) is 7.48. The van der Waals surface area contributed by atoms with Gasteiger partial charge in [0, 0.05) is 13.1 Å². The number of ether oxygens (including phenoxy) is 1. The van der Waals surface area contributed by atoms with Crippen molar-refractivity contribution in [2.24, 2.45) is 5.41 Å². The Morgan fingerprint density at radius 3 is 2.81 bits per heavy atom. The van der Waals surface area contributed by atoms with Gasteiger partial charge >= 0.3 is 0 Å². The molecule has 1 heterocycles. The third-order valence-corrected chi connectivity index (χ3v) is 5.21. The van der Waals surface area contributed by atoms with Crippen molar-refractivity contribution in [1.82, 2.24) is 10.0 Å². The van der Waals surface area contributed by atoms with Gasteiger partial charge in [-0.3, -0.25) is 0 Å². The molecule has 1 saturated heterocycles. The van der Waals surface area contributed by atoms with Crippen molar-refractivity contribution in [1.29, 1.82) is 0 Å². The van der Waals surface area contributed by atoms with Crippen LogP contribution < -0.4 is 14.8 Å². The number of benzene rings is 1. The molecule has 118 valence electrons. The predicted molar refractivity (Wildman–Crippen MR) is 78.4 cm³/mol. The first-order valence-electron chi connectivity index (χ1n) is 6.90. The van der Waals surface area contributed by atoms with Gasteiger partial charge in [-0.15, -0.1) is 0 Å². The Hall–Kier alpha value is -1.18. The van der Waals surface area contributed by atoms with Gasteiger partial charge in [-0.1, -0.05) is 6.92 Å². The fourth-order valence-corrected chi connectivity index (χ4v) is 3.65. The van der Waals surface area contributed by atoms with E-state index < -0.39 is 15.8 Å². The summed E-state index contributed by atoms with van der Waals surface area (Å²) >= 11 is 0. The van der Waals surface area contributed by atoms with Crippen LogP contribution in [0.1, 0.15) is 19.8 Å². The van der Waals surface area contributed by atoms with Crippen molar-refractivity contribution in [2.75, 3.05) is 26.7 Å². The minimum Gasteiger partial charge on any atom is -0.494 e. The van der Waals surface area contributed by atoms with E-state index in [1.165, 1.54) is 19.2 Å². The van der Waals surface area contributed by atoms with Gasteiger partial charge in [-0.25, -0.2) is 17.5 Å². The van der Waals surface area contributed by atoms with Crippen molar-refractivity contribution in [3.05, 3.63) is 24.0 Å². The normalized spacial score (nSPS) is 23.0. The van der Waals surface area contributed by atoms with E-state index in [-0.39, 0.29) is 16.1 Å². The number of hydrogen-bond donors (Lipinski definition) is 2. The average molecular weight is 316 g/mol. The topological polar surface area (TPSA) is 67.4 Å². The Morgan fingerprint density at radius 1 is 1.48 bits per heavy atom. The summed E-state index contributed by atoms with van der Waals surface area (Å²) < 4.78 is 45.4. The maximum Gasteiger partial charge on any atom is 0.240 e. The van der Waals surface area contributed by atoms with E-state index in [1.54, 1.807) is 0 Å². The summed E-state index contributed by atoms with van der Waals surface area (Å²) in [6.45, 7) is 4.10. The molecule has 1 aliphatic rings. The number of piperidine rings is 1. The van der Waals surface area contributed by atoms with Gasteiger partial charge in [0.1, 0.15) is 0 Å². The van der Waals surface area contributed by atoms with E-state index in [9.17, 15) is 12.8 Å². The monoisotopic (exact) mass is 316 g/mol. The molecule has 0 aliphatic carbocycles. The minimum atomic E-state index is -3.72. The SMILES string of the molecule is COc1ccc(S(=O)(=O)NCC2(C)CCCNC2)cc1F. The van der Waals surface area contributed by atoms with E-state index in [4.69, 9.17) is 4.74 Å². The lowest BCUT2D eigenvalue weighted by Crippen LogP contribution is -2.45. The molecule has 5 nitrogen and oxygen atoms in total. The van der Waals surface area contributed by atoms with E-state index in [0.29, 0.717) is 6.54 Å². The van der Waals surface area contributed by atoms with Crippen LogP contribution in [-0.2, 0) is 10.0 Å². The maximum absolute atomic E-state index is 13.6. The van der Waals surface area contributed by atoms with Crippen LogP contribution in [0.2, 0.25) is 0 Å². The van der Waals surface area contributed by atoms with Gasteiger partial charge < -0.3 is 10.1 Å². The number of methoxy groups -OCH3 is 1. The number of sulfonamides is 1. The minimum absolute atomic E-state index is 0.0254. The molecule has 0 radical (unpaired) electrons. The summed E-state index contributed by atoms with van der Waals surface area (Å²) in [5.74, 6) is -0.664. The van der Waals surface area contributed by atoms with Crippen LogP contribution in [0, 0.1) is 11.2 Å². The highest BCUT2D eigenvalue weighted by Crippen LogP contribution is 2.25. The van der Waals surface area contributed by atoms with Crippen LogP contribution in [0.3, 0.4) is 0 Å². The zero-order valence-electron chi connectivity index (χ0n) is 12.3. The van der Waals surface area contributed by atoms with E-state index >= 15 is 0 Å². The van der Waals surface area contributed by atoms with E-state index in [0.717, 1.165) is 32.0 Å². The molecule has 1 aliphatic heterocycles. The summed E-state index contributed by atoms with van der Waals surface area (Å²) in [5, 5.41) is 3.26. The fourth-order valence-electron chi connectivity index (χ4n) is 2.44. The first-order valence-corrected chi connectivity index (χ1v) is 8.39. The second-order valence-electron chi connectivity index (χ2n) is 5.71. The van der Waals surface area contributed by atoms with Gasteiger partial charge in [0.05, 0.1) is 12.0 Å². The summed E-state index contributed by atoms with van der Waals surface area (Å²) in [5.41, 5.74) is -0.115. The molecule has 0 saturated carbocycles. The highest BCUT2D eigenvalue weighted by molar-refractivity contribution is 7.89. The third-order valence-electron chi connectivity index (χ3n) is 3.81. The lowest BCUT2D eigenvalue weighted by Gasteiger charge is -2.34. The van der Waals surface area contributed by atoms with Crippen LogP contribution >= 0.6 is 0 Å². The van der Waals surface area contributed by atoms with Crippen LogP contribution in [0.15, 0.2) is 23.1 Å². The molecule has 1 fully saturated rings. The van der Waals surface area contributed by atoms with Crippen LogP contribution in [0.5, 0.6) is 5.75 Å².